The summed E-state index contributed by atoms with van der Waals surface area (Å²) >= 11 is 0. The van der Waals surface area contributed by atoms with Gasteiger partial charge in [-0.25, -0.2) is 4.79 Å². The molecule has 1 amide bonds. The van der Waals surface area contributed by atoms with Gasteiger partial charge in [-0.1, -0.05) is 0 Å². The minimum Gasteiger partial charge on any atom is -0.467 e. The standard InChI is InChI=1S/C9H13NO4/c1-6(11)8(12)10-5-3-4-7(10)9(13)14-2/h7H,3-5H2,1-2H3. The molecule has 14 heavy (non-hydrogen) atoms. The minimum absolute atomic E-state index is 0.447. The van der Waals surface area contributed by atoms with E-state index in [-0.39, 0.29) is 0 Å². The number of likely N-dealkylation sites (tertiary alicyclic amines) is 1. The van der Waals surface area contributed by atoms with E-state index in [1.54, 1.807) is 0 Å². The molecule has 0 bridgehead atoms. The number of nitrogens with zero attached hydrogens (tertiary/aromatic N) is 1. The Morgan fingerprint density at radius 1 is 1.36 bits per heavy atom. The van der Waals surface area contributed by atoms with Crippen molar-refractivity contribution in [1.29, 1.82) is 0 Å². The van der Waals surface area contributed by atoms with Gasteiger partial charge in [0.05, 0.1) is 7.11 Å². The molecule has 1 saturated heterocycles. The summed E-state index contributed by atoms with van der Waals surface area (Å²) in [6.45, 7) is 1.66. The molecular weight excluding hydrogens is 186 g/mol. The van der Waals surface area contributed by atoms with Crippen LogP contribution in [0, 0.1) is 0 Å². The molecule has 1 atom stereocenters. The Kier molecular flexibility index (Phi) is 3.22. The highest BCUT2D eigenvalue weighted by Gasteiger charge is 2.36. The number of rotatable bonds is 2. The van der Waals surface area contributed by atoms with Gasteiger partial charge in [-0.3, -0.25) is 9.59 Å². The molecule has 1 unspecified atom stereocenters. The molecule has 0 saturated carbocycles. The van der Waals surface area contributed by atoms with Gasteiger partial charge in [0.15, 0.2) is 0 Å². The van der Waals surface area contributed by atoms with E-state index in [2.05, 4.69) is 4.74 Å². The van der Waals surface area contributed by atoms with Crippen LogP contribution in [0.1, 0.15) is 19.8 Å². The van der Waals surface area contributed by atoms with Crippen LogP contribution < -0.4 is 0 Å². The van der Waals surface area contributed by atoms with Gasteiger partial charge in [-0.05, 0) is 12.8 Å². The molecule has 5 heteroatoms. The first-order chi connectivity index (χ1) is 6.57. The van der Waals surface area contributed by atoms with E-state index in [1.165, 1.54) is 18.9 Å². The van der Waals surface area contributed by atoms with E-state index in [0.29, 0.717) is 13.0 Å². The van der Waals surface area contributed by atoms with Crippen molar-refractivity contribution >= 4 is 17.7 Å². The molecule has 5 nitrogen and oxygen atoms in total. The Morgan fingerprint density at radius 3 is 2.50 bits per heavy atom. The third kappa shape index (κ3) is 1.92. The highest BCUT2D eigenvalue weighted by atomic mass is 16.5. The van der Waals surface area contributed by atoms with Crippen LogP contribution >= 0.6 is 0 Å². The van der Waals surface area contributed by atoms with Crippen molar-refractivity contribution in [1.82, 2.24) is 4.90 Å². The summed E-state index contributed by atoms with van der Waals surface area (Å²) in [4.78, 5) is 34.7. The monoisotopic (exact) mass is 199 g/mol. The molecule has 1 rings (SSSR count). The Labute approximate surface area is 82.0 Å². The van der Waals surface area contributed by atoms with Crippen molar-refractivity contribution in [3.05, 3.63) is 0 Å². The maximum Gasteiger partial charge on any atom is 0.328 e. The van der Waals surface area contributed by atoms with Crippen molar-refractivity contribution in [2.45, 2.75) is 25.8 Å². The third-order valence-electron chi connectivity index (χ3n) is 2.29. The predicted molar refractivity (Wildman–Crippen MR) is 47.4 cm³/mol. The Balaban J connectivity index is 2.73. The number of carbonyl (C=O) groups excluding carboxylic acids is 3. The normalized spacial score (nSPS) is 20.7. The number of amides is 1. The second kappa shape index (κ2) is 4.21. The van der Waals surface area contributed by atoms with Crippen molar-refractivity contribution in [2.75, 3.05) is 13.7 Å². The molecule has 1 fully saturated rings. The smallest absolute Gasteiger partial charge is 0.328 e. The van der Waals surface area contributed by atoms with Gasteiger partial charge in [0.25, 0.3) is 5.91 Å². The van der Waals surface area contributed by atoms with Gasteiger partial charge in [-0.15, -0.1) is 0 Å². The largest absolute Gasteiger partial charge is 0.467 e. The first-order valence-corrected chi connectivity index (χ1v) is 4.47. The summed E-state index contributed by atoms with van der Waals surface area (Å²) in [6, 6.07) is -0.573. The van der Waals surface area contributed by atoms with Crippen LogP contribution in [0.5, 0.6) is 0 Å². The van der Waals surface area contributed by atoms with Gasteiger partial charge in [0.1, 0.15) is 6.04 Å². The van der Waals surface area contributed by atoms with E-state index in [9.17, 15) is 14.4 Å². The number of ketones is 1. The van der Waals surface area contributed by atoms with Gasteiger partial charge in [0.2, 0.25) is 5.78 Å². The fourth-order valence-electron chi connectivity index (χ4n) is 1.59. The van der Waals surface area contributed by atoms with Gasteiger partial charge in [-0.2, -0.15) is 0 Å². The van der Waals surface area contributed by atoms with E-state index < -0.39 is 23.7 Å². The lowest BCUT2D eigenvalue weighted by molar-refractivity contribution is -0.153. The lowest BCUT2D eigenvalue weighted by Crippen LogP contribution is -2.43. The molecular formula is C9H13NO4. The molecule has 1 aliphatic heterocycles. The van der Waals surface area contributed by atoms with Crippen LogP contribution in [0.2, 0.25) is 0 Å². The molecule has 0 spiro atoms. The van der Waals surface area contributed by atoms with Crippen LogP contribution in [0.25, 0.3) is 0 Å². The van der Waals surface area contributed by atoms with Crippen LogP contribution in [0.4, 0.5) is 0 Å². The first kappa shape index (κ1) is 10.7. The average molecular weight is 199 g/mol. The molecule has 0 aromatic heterocycles. The molecule has 0 aromatic rings. The number of esters is 1. The molecule has 1 aliphatic rings. The van der Waals surface area contributed by atoms with Crippen molar-refractivity contribution in [2.24, 2.45) is 0 Å². The first-order valence-electron chi connectivity index (χ1n) is 4.47. The lowest BCUT2D eigenvalue weighted by atomic mass is 10.2. The summed E-state index contributed by atoms with van der Waals surface area (Å²) in [6.07, 6.45) is 1.31. The highest BCUT2D eigenvalue weighted by Crippen LogP contribution is 2.18. The van der Waals surface area contributed by atoms with Crippen molar-refractivity contribution in [3.63, 3.8) is 0 Å². The fraction of sp³-hybridized carbons (Fsp3) is 0.667. The van der Waals surface area contributed by atoms with Crippen LogP contribution in [-0.4, -0.2) is 42.3 Å². The maximum absolute atomic E-state index is 11.3. The quantitative estimate of drug-likeness (QED) is 0.454. The second-order valence-electron chi connectivity index (χ2n) is 3.24. The number of ether oxygens (including phenoxy) is 1. The van der Waals surface area contributed by atoms with Crippen LogP contribution in [-0.2, 0) is 19.1 Å². The van der Waals surface area contributed by atoms with E-state index in [1.807, 2.05) is 0 Å². The molecule has 0 N–H and O–H groups in total. The molecule has 0 radical (unpaired) electrons. The van der Waals surface area contributed by atoms with Crippen LogP contribution in [0.15, 0.2) is 0 Å². The van der Waals surface area contributed by atoms with Crippen molar-refractivity contribution in [3.8, 4) is 0 Å². The second-order valence-corrected chi connectivity index (χ2v) is 3.24. The molecule has 1 heterocycles. The van der Waals surface area contributed by atoms with Crippen molar-refractivity contribution < 1.29 is 19.1 Å². The zero-order valence-electron chi connectivity index (χ0n) is 8.28. The van der Waals surface area contributed by atoms with Gasteiger partial charge < -0.3 is 9.64 Å². The zero-order chi connectivity index (χ0) is 10.7. The van der Waals surface area contributed by atoms with Gasteiger partial charge in [0, 0.05) is 13.5 Å². The summed E-state index contributed by atoms with van der Waals surface area (Å²) in [5.74, 6) is -1.59. The average Bonchev–Trinajstić information content (AvgIpc) is 2.63. The molecule has 78 valence electrons. The highest BCUT2D eigenvalue weighted by molar-refractivity contribution is 6.35. The molecule has 0 aliphatic carbocycles. The topological polar surface area (TPSA) is 63.7 Å². The fourth-order valence-corrected chi connectivity index (χ4v) is 1.59. The Bertz CT molecular complexity index is 274. The zero-order valence-corrected chi connectivity index (χ0v) is 8.28. The molecule has 0 aromatic carbocycles. The number of hydrogen-bond acceptors (Lipinski definition) is 4. The Morgan fingerprint density at radius 2 is 2.00 bits per heavy atom. The van der Waals surface area contributed by atoms with E-state index in [0.717, 1.165) is 6.42 Å². The third-order valence-corrected chi connectivity index (χ3v) is 2.29. The Hall–Kier alpha value is -1.39. The van der Waals surface area contributed by atoms with E-state index >= 15 is 0 Å². The minimum atomic E-state index is -0.599. The van der Waals surface area contributed by atoms with Gasteiger partial charge >= 0.3 is 5.97 Å². The number of hydrogen-bond donors (Lipinski definition) is 0. The summed E-state index contributed by atoms with van der Waals surface area (Å²) in [5, 5.41) is 0. The SMILES string of the molecule is COC(=O)C1CCCN1C(=O)C(C)=O. The van der Waals surface area contributed by atoms with E-state index in [4.69, 9.17) is 0 Å². The summed E-state index contributed by atoms with van der Waals surface area (Å²) in [7, 11) is 1.27. The predicted octanol–water partition coefficient (Wildman–Crippen LogP) is -0.261. The van der Waals surface area contributed by atoms with Crippen LogP contribution in [0.3, 0.4) is 0 Å². The number of carbonyl (C=O) groups is 3. The maximum atomic E-state index is 11.3. The lowest BCUT2D eigenvalue weighted by Gasteiger charge is -2.20. The number of methoxy groups -OCH3 is 1. The number of Topliss-reactive ketones (excluding diaryl/α,β-unsaturated/α-hetero) is 1. The summed E-state index contributed by atoms with van der Waals surface area (Å²) in [5.41, 5.74) is 0. The summed E-state index contributed by atoms with van der Waals surface area (Å²) < 4.78 is 4.55.